The number of nitrogens with one attached hydrogen (secondary N) is 1. The molecule has 2 aromatic rings. The summed E-state index contributed by atoms with van der Waals surface area (Å²) in [6.45, 7) is 3.04. The van der Waals surface area contributed by atoms with Crippen molar-refractivity contribution in [3.63, 3.8) is 0 Å². The van der Waals surface area contributed by atoms with Gasteiger partial charge >= 0.3 is 5.69 Å². The molecular weight excluding hydrogens is 282 g/mol. The topological polar surface area (TPSA) is 75.2 Å². The van der Waals surface area contributed by atoms with Crippen LogP contribution in [0.4, 0.5) is 0 Å². The Morgan fingerprint density at radius 2 is 1.91 bits per heavy atom. The summed E-state index contributed by atoms with van der Waals surface area (Å²) in [6.07, 6.45) is 2.17. The third-order valence-corrected chi connectivity index (χ3v) is 3.26. The summed E-state index contributed by atoms with van der Waals surface area (Å²) in [5, 5.41) is 0. The number of hydrogen-bond acceptors (Lipinski definition) is 3. The second-order valence-electron chi connectivity index (χ2n) is 5.04. The molecule has 0 saturated heterocycles. The summed E-state index contributed by atoms with van der Waals surface area (Å²) in [6, 6.07) is 10.9. The summed E-state index contributed by atoms with van der Waals surface area (Å²) >= 11 is 0. The van der Waals surface area contributed by atoms with E-state index in [4.69, 9.17) is 0 Å². The molecule has 0 aliphatic rings. The number of rotatable bonds is 6. The minimum atomic E-state index is -0.572. The van der Waals surface area contributed by atoms with Crippen LogP contribution in [-0.2, 0) is 17.9 Å². The second kappa shape index (κ2) is 7.40. The van der Waals surface area contributed by atoms with Crippen molar-refractivity contribution < 1.29 is 4.79 Å². The van der Waals surface area contributed by atoms with Crippen LogP contribution in [0.2, 0.25) is 0 Å². The van der Waals surface area contributed by atoms with E-state index < -0.39 is 11.2 Å². The number of carbonyl (C=O) groups excluding carboxylic acids is 1. The molecule has 0 bridgehead atoms. The van der Waals surface area contributed by atoms with Crippen LogP contribution in [0, 0.1) is 0 Å². The Morgan fingerprint density at radius 3 is 2.55 bits per heavy atom. The fourth-order valence-corrected chi connectivity index (χ4v) is 2.18. The zero-order valence-corrected chi connectivity index (χ0v) is 12.5. The predicted octanol–water partition coefficient (Wildman–Crippen LogP) is 0.975. The first-order valence-corrected chi connectivity index (χ1v) is 7.21. The number of H-pyrrole nitrogens is 1. The first-order chi connectivity index (χ1) is 10.6. The highest BCUT2D eigenvalue weighted by Gasteiger charge is 2.14. The normalized spacial score (nSPS) is 10.4. The van der Waals surface area contributed by atoms with Crippen molar-refractivity contribution in [1.82, 2.24) is 14.5 Å². The number of nitrogens with zero attached hydrogens (tertiary/aromatic N) is 2. The fourth-order valence-electron chi connectivity index (χ4n) is 2.18. The van der Waals surface area contributed by atoms with Crippen molar-refractivity contribution in [3.8, 4) is 0 Å². The van der Waals surface area contributed by atoms with Crippen LogP contribution in [0.25, 0.3) is 0 Å². The minimum Gasteiger partial charge on any atom is -0.337 e. The first-order valence-electron chi connectivity index (χ1n) is 7.21. The Morgan fingerprint density at radius 1 is 1.18 bits per heavy atom. The third-order valence-electron chi connectivity index (χ3n) is 3.26. The molecule has 1 heterocycles. The zero-order chi connectivity index (χ0) is 15.9. The lowest BCUT2D eigenvalue weighted by atomic mass is 10.2. The largest absolute Gasteiger partial charge is 0.337 e. The molecule has 0 radical (unpaired) electrons. The molecule has 0 aliphatic heterocycles. The lowest BCUT2D eigenvalue weighted by Gasteiger charge is -2.22. The molecule has 6 heteroatoms. The highest BCUT2D eigenvalue weighted by Crippen LogP contribution is 2.06. The van der Waals surface area contributed by atoms with Crippen LogP contribution in [-0.4, -0.2) is 26.9 Å². The quantitative estimate of drug-likeness (QED) is 0.864. The van der Waals surface area contributed by atoms with Crippen LogP contribution in [0.3, 0.4) is 0 Å². The second-order valence-corrected chi connectivity index (χ2v) is 5.04. The first kappa shape index (κ1) is 15.8. The molecule has 2 rings (SSSR count). The molecule has 0 aliphatic carbocycles. The van der Waals surface area contributed by atoms with Crippen LogP contribution in [0.1, 0.15) is 18.9 Å². The van der Waals surface area contributed by atoms with Crippen LogP contribution in [0.5, 0.6) is 0 Å². The van der Waals surface area contributed by atoms with Crippen molar-refractivity contribution in [2.45, 2.75) is 26.4 Å². The highest BCUT2D eigenvalue weighted by molar-refractivity contribution is 5.76. The van der Waals surface area contributed by atoms with Crippen LogP contribution >= 0.6 is 0 Å². The molecule has 0 saturated carbocycles. The van der Waals surface area contributed by atoms with Gasteiger partial charge in [0.1, 0.15) is 6.54 Å². The standard InChI is InChI=1S/C16H19N3O3/c1-2-9-18(11-13-6-4-3-5-7-13)15(21)12-19-10-8-14(20)17-16(19)22/h3-8,10H,2,9,11-12H2,1H3,(H,17,20,22). The molecular formula is C16H19N3O3. The molecule has 1 N–H and O–H groups in total. The van der Waals surface area contributed by atoms with Crippen molar-refractivity contribution in [3.05, 3.63) is 69.0 Å². The van der Waals surface area contributed by atoms with E-state index in [0.29, 0.717) is 13.1 Å². The number of carbonyl (C=O) groups is 1. The van der Waals surface area contributed by atoms with Crippen molar-refractivity contribution >= 4 is 5.91 Å². The number of benzene rings is 1. The van der Waals surface area contributed by atoms with Gasteiger partial charge in [-0.05, 0) is 12.0 Å². The van der Waals surface area contributed by atoms with E-state index in [-0.39, 0.29) is 12.5 Å². The minimum absolute atomic E-state index is 0.0809. The molecule has 0 atom stereocenters. The number of hydrogen-bond donors (Lipinski definition) is 1. The number of aromatic nitrogens is 2. The molecule has 22 heavy (non-hydrogen) atoms. The van der Waals surface area contributed by atoms with Gasteiger partial charge in [0, 0.05) is 25.4 Å². The van der Waals surface area contributed by atoms with Gasteiger partial charge in [0.25, 0.3) is 5.56 Å². The van der Waals surface area contributed by atoms with Gasteiger partial charge in [-0.1, -0.05) is 37.3 Å². The maximum absolute atomic E-state index is 12.4. The fraction of sp³-hybridized carbons (Fsp3) is 0.312. The van der Waals surface area contributed by atoms with Gasteiger partial charge in [-0.25, -0.2) is 4.79 Å². The van der Waals surface area contributed by atoms with Crippen molar-refractivity contribution in [2.75, 3.05) is 6.54 Å². The summed E-state index contributed by atoms with van der Waals surface area (Å²) in [4.78, 5) is 39.0. The van der Waals surface area contributed by atoms with Gasteiger partial charge < -0.3 is 4.90 Å². The average Bonchev–Trinajstić information content (AvgIpc) is 2.50. The lowest BCUT2D eigenvalue weighted by molar-refractivity contribution is -0.132. The maximum Gasteiger partial charge on any atom is 0.328 e. The van der Waals surface area contributed by atoms with Gasteiger partial charge in [0.05, 0.1) is 0 Å². The highest BCUT2D eigenvalue weighted by atomic mass is 16.2. The predicted molar refractivity (Wildman–Crippen MR) is 83.5 cm³/mol. The van der Waals surface area contributed by atoms with E-state index in [1.165, 1.54) is 16.8 Å². The van der Waals surface area contributed by atoms with Gasteiger partial charge in [-0.3, -0.25) is 19.1 Å². The Kier molecular flexibility index (Phi) is 5.30. The molecule has 0 spiro atoms. The Hall–Kier alpha value is -2.63. The molecule has 1 aromatic heterocycles. The van der Waals surface area contributed by atoms with E-state index in [1.807, 2.05) is 37.3 Å². The van der Waals surface area contributed by atoms with Gasteiger partial charge in [-0.2, -0.15) is 0 Å². The molecule has 0 unspecified atom stereocenters. The Bertz CT molecular complexity index is 734. The van der Waals surface area contributed by atoms with Gasteiger partial charge in [0.2, 0.25) is 5.91 Å². The van der Waals surface area contributed by atoms with Gasteiger partial charge in [-0.15, -0.1) is 0 Å². The smallest absolute Gasteiger partial charge is 0.328 e. The third kappa shape index (κ3) is 4.18. The van der Waals surface area contributed by atoms with E-state index in [0.717, 1.165) is 12.0 Å². The summed E-state index contributed by atoms with van der Waals surface area (Å²) in [7, 11) is 0. The van der Waals surface area contributed by atoms with Gasteiger partial charge in [0.15, 0.2) is 0 Å². The summed E-state index contributed by atoms with van der Waals surface area (Å²) in [5.41, 5.74) is -0.00137. The molecule has 6 nitrogen and oxygen atoms in total. The van der Waals surface area contributed by atoms with Crippen molar-refractivity contribution in [1.29, 1.82) is 0 Å². The lowest BCUT2D eigenvalue weighted by Crippen LogP contribution is -2.38. The molecule has 1 amide bonds. The van der Waals surface area contributed by atoms with E-state index >= 15 is 0 Å². The zero-order valence-electron chi connectivity index (χ0n) is 12.5. The Balaban J connectivity index is 2.12. The number of aromatic amines is 1. The average molecular weight is 301 g/mol. The van der Waals surface area contributed by atoms with Crippen LogP contribution < -0.4 is 11.2 Å². The maximum atomic E-state index is 12.4. The van der Waals surface area contributed by atoms with E-state index in [1.54, 1.807) is 4.90 Å². The SMILES string of the molecule is CCCN(Cc1ccccc1)C(=O)Cn1ccc(=O)[nH]c1=O. The molecule has 0 fully saturated rings. The van der Waals surface area contributed by atoms with E-state index in [2.05, 4.69) is 4.98 Å². The number of amides is 1. The molecule has 1 aromatic carbocycles. The Labute approximate surface area is 128 Å². The van der Waals surface area contributed by atoms with E-state index in [9.17, 15) is 14.4 Å². The summed E-state index contributed by atoms with van der Waals surface area (Å²) < 4.78 is 1.21. The monoisotopic (exact) mass is 301 g/mol. The summed E-state index contributed by atoms with van der Waals surface area (Å²) in [5.74, 6) is -0.153. The van der Waals surface area contributed by atoms with Crippen molar-refractivity contribution in [2.24, 2.45) is 0 Å². The molecule has 116 valence electrons. The van der Waals surface area contributed by atoms with Crippen LogP contribution in [0.15, 0.2) is 52.2 Å².